The average Bonchev–Trinajstić information content (AvgIpc) is 2.61. The molecule has 10 heteroatoms. The van der Waals surface area contributed by atoms with Crippen LogP contribution in [0.15, 0.2) is 51.8 Å². The molecule has 0 aliphatic carbocycles. The Morgan fingerprint density at radius 3 is 2.54 bits per heavy atom. The number of nitro groups is 1. The van der Waals surface area contributed by atoms with Crippen molar-refractivity contribution in [2.24, 2.45) is 0 Å². The second-order valence-corrected chi connectivity index (χ2v) is 7.24. The van der Waals surface area contributed by atoms with Gasteiger partial charge >= 0.3 is 5.97 Å². The number of rotatable bonds is 7. The summed E-state index contributed by atoms with van der Waals surface area (Å²) in [4.78, 5) is 34.4. The highest BCUT2D eigenvalue weighted by molar-refractivity contribution is 9.10. The summed E-state index contributed by atoms with van der Waals surface area (Å²) in [5.41, 5.74) is 0.00643. The molecule has 1 N–H and O–H groups in total. The third-order valence-corrected chi connectivity index (χ3v) is 4.80. The van der Waals surface area contributed by atoms with Crippen molar-refractivity contribution in [2.75, 3.05) is 17.7 Å². The molecule has 0 spiro atoms. The molecule has 2 rings (SSSR count). The summed E-state index contributed by atoms with van der Waals surface area (Å²) >= 11 is 10.5. The van der Waals surface area contributed by atoms with Crippen molar-refractivity contribution in [1.29, 1.82) is 0 Å². The molecule has 2 aromatic rings. The zero-order valence-electron chi connectivity index (χ0n) is 13.1. The molecule has 26 heavy (non-hydrogen) atoms. The number of nitro benzene ring substituents is 1. The summed E-state index contributed by atoms with van der Waals surface area (Å²) in [6.45, 7) is -0.479. The van der Waals surface area contributed by atoms with E-state index >= 15 is 0 Å². The molecule has 0 fully saturated rings. The molecule has 0 aliphatic rings. The van der Waals surface area contributed by atoms with Gasteiger partial charge in [-0.25, -0.2) is 0 Å². The molecule has 1 amide bonds. The fraction of sp³-hybridized carbons (Fsp3) is 0.125. The molecule has 0 radical (unpaired) electrons. The number of carbonyl (C=O) groups is 2. The third-order valence-electron chi connectivity index (χ3n) is 2.97. The third kappa shape index (κ3) is 6.32. The molecule has 0 unspecified atom stereocenters. The van der Waals surface area contributed by atoms with Gasteiger partial charge in [-0.05, 0) is 30.3 Å². The van der Waals surface area contributed by atoms with Crippen LogP contribution in [-0.2, 0) is 14.3 Å². The molecule has 7 nitrogen and oxygen atoms in total. The monoisotopic (exact) mass is 458 g/mol. The average molecular weight is 460 g/mol. The summed E-state index contributed by atoms with van der Waals surface area (Å²) in [5, 5.41) is 13.1. The SMILES string of the molecule is O=C(COC(=O)CSc1ccc(Br)cc1)Nc1ccc([N+](=O)[O-])cc1Cl. The van der Waals surface area contributed by atoms with Gasteiger partial charge in [0.05, 0.1) is 21.4 Å². The highest BCUT2D eigenvalue weighted by atomic mass is 79.9. The van der Waals surface area contributed by atoms with E-state index in [2.05, 4.69) is 21.2 Å². The number of esters is 1. The van der Waals surface area contributed by atoms with Gasteiger partial charge < -0.3 is 10.1 Å². The molecule has 136 valence electrons. The molecule has 0 bridgehead atoms. The molecule has 0 saturated heterocycles. The number of hydrogen-bond acceptors (Lipinski definition) is 6. The maximum atomic E-state index is 11.8. The minimum Gasteiger partial charge on any atom is -0.455 e. The van der Waals surface area contributed by atoms with Crippen LogP contribution < -0.4 is 5.32 Å². The van der Waals surface area contributed by atoms with Crippen LogP contribution >= 0.6 is 39.3 Å². The van der Waals surface area contributed by atoms with Crippen LogP contribution in [0.2, 0.25) is 5.02 Å². The topological polar surface area (TPSA) is 98.5 Å². The first-order valence-corrected chi connectivity index (χ1v) is 9.28. The number of non-ortho nitro benzene ring substituents is 1. The molecule has 0 heterocycles. The van der Waals surface area contributed by atoms with Crippen LogP contribution in [0.5, 0.6) is 0 Å². The summed E-state index contributed by atoms with van der Waals surface area (Å²) < 4.78 is 5.83. The Morgan fingerprint density at radius 2 is 1.92 bits per heavy atom. The second kappa shape index (κ2) is 9.56. The van der Waals surface area contributed by atoms with Gasteiger partial charge in [-0.1, -0.05) is 27.5 Å². The van der Waals surface area contributed by atoms with Gasteiger partial charge in [0, 0.05) is 21.5 Å². The van der Waals surface area contributed by atoms with E-state index in [0.717, 1.165) is 15.4 Å². The quantitative estimate of drug-likeness (QED) is 0.287. The molecule has 0 aliphatic heterocycles. The fourth-order valence-corrected chi connectivity index (χ4v) is 2.95. The van der Waals surface area contributed by atoms with Gasteiger partial charge in [0.25, 0.3) is 11.6 Å². The Bertz CT molecular complexity index is 832. The number of thioether (sulfide) groups is 1. The molecular weight excluding hydrogens is 448 g/mol. The number of carbonyl (C=O) groups excluding carboxylic acids is 2. The first kappa shape index (κ1) is 20.2. The van der Waals surface area contributed by atoms with Crippen LogP contribution in [-0.4, -0.2) is 29.2 Å². The summed E-state index contributed by atoms with van der Waals surface area (Å²) in [7, 11) is 0. The standard InChI is InChI=1S/C16H12BrClN2O5S/c17-10-1-4-12(5-2-10)26-9-16(22)25-8-15(21)19-14-6-3-11(20(23)24)7-13(14)18/h1-7H,8-9H2,(H,19,21). The minimum atomic E-state index is -0.595. The van der Waals surface area contributed by atoms with E-state index in [-0.39, 0.29) is 22.2 Å². The second-order valence-electron chi connectivity index (χ2n) is 4.87. The number of halogens is 2. The lowest BCUT2D eigenvalue weighted by Crippen LogP contribution is -2.21. The maximum absolute atomic E-state index is 11.8. The lowest BCUT2D eigenvalue weighted by Gasteiger charge is -2.08. The number of nitrogens with one attached hydrogen (secondary N) is 1. The van der Waals surface area contributed by atoms with E-state index in [9.17, 15) is 19.7 Å². The Labute approximate surface area is 166 Å². The van der Waals surface area contributed by atoms with Gasteiger partial charge in [0.15, 0.2) is 6.61 Å². The van der Waals surface area contributed by atoms with Crippen molar-refractivity contribution >= 4 is 62.5 Å². The van der Waals surface area contributed by atoms with Crippen LogP contribution in [0, 0.1) is 10.1 Å². The lowest BCUT2D eigenvalue weighted by atomic mass is 10.3. The van der Waals surface area contributed by atoms with E-state index in [4.69, 9.17) is 16.3 Å². The number of benzene rings is 2. The van der Waals surface area contributed by atoms with E-state index in [1.807, 2.05) is 24.3 Å². The zero-order chi connectivity index (χ0) is 19.1. The highest BCUT2D eigenvalue weighted by Gasteiger charge is 2.13. The number of amides is 1. The van der Waals surface area contributed by atoms with E-state index in [1.54, 1.807) is 0 Å². The number of hydrogen-bond donors (Lipinski definition) is 1. The van der Waals surface area contributed by atoms with Crippen molar-refractivity contribution in [3.63, 3.8) is 0 Å². The van der Waals surface area contributed by atoms with Gasteiger partial charge in [-0.2, -0.15) is 0 Å². The normalized spacial score (nSPS) is 10.2. The van der Waals surface area contributed by atoms with Crippen molar-refractivity contribution < 1.29 is 19.2 Å². The molecule has 2 aromatic carbocycles. The summed E-state index contributed by atoms with van der Waals surface area (Å²) in [6.07, 6.45) is 0. The predicted molar refractivity (Wildman–Crippen MR) is 103 cm³/mol. The van der Waals surface area contributed by atoms with E-state index in [0.29, 0.717) is 0 Å². The maximum Gasteiger partial charge on any atom is 0.316 e. The first-order valence-electron chi connectivity index (χ1n) is 7.13. The van der Waals surface area contributed by atoms with E-state index in [1.165, 1.54) is 23.9 Å². The highest BCUT2D eigenvalue weighted by Crippen LogP contribution is 2.26. The lowest BCUT2D eigenvalue weighted by molar-refractivity contribution is -0.384. The van der Waals surface area contributed by atoms with Crippen LogP contribution in [0.3, 0.4) is 0 Å². The van der Waals surface area contributed by atoms with E-state index < -0.39 is 23.4 Å². The smallest absolute Gasteiger partial charge is 0.316 e. The molecule has 0 saturated carbocycles. The number of ether oxygens (including phenoxy) is 1. The minimum absolute atomic E-state index is 0.0182. The Morgan fingerprint density at radius 1 is 1.23 bits per heavy atom. The predicted octanol–water partition coefficient (Wildman–Crippen LogP) is 4.28. The van der Waals surface area contributed by atoms with Crippen molar-refractivity contribution in [1.82, 2.24) is 0 Å². The number of nitrogens with zero attached hydrogens (tertiary/aromatic N) is 1. The van der Waals surface area contributed by atoms with Gasteiger partial charge in [0.2, 0.25) is 0 Å². The van der Waals surface area contributed by atoms with Crippen LogP contribution in [0.4, 0.5) is 11.4 Å². The molecule has 0 aromatic heterocycles. The van der Waals surface area contributed by atoms with Gasteiger partial charge in [0.1, 0.15) is 0 Å². The summed E-state index contributed by atoms with van der Waals surface area (Å²) in [6, 6.07) is 11.1. The van der Waals surface area contributed by atoms with Crippen molar-refractivity contribution in [2.45, 2.75) is 4.90 Å². The van der Waals surface area contributed by atoms with Gasteiger partial charge in [-0.15, -0.1) is 11.8 Å². The Kier molecular flexibility index (Phi) is 7.43. The van der Waals surface area contributed by atoms with Crippen LogP contribution in [0.25, 0.3) is 0 Å². The Balaban J connectivity index is 1.78. The van der Waals surface area contributed by atoms with Crippen LogP contribution in [0.1, 0.15) is 0 Å². The largest absolute Gasteiger partial charge is 0.455 e. The Hall–Kier alpha value is -2.10. The summed E-state index contributed by atoms with van der Waals surface area (Å²) in [5.74, 6) is -1.07. The first-order chi connectivity index (χ1) is 12.3. The zero-order valence-corrected chi connectivity index (χ0v) is 16.3. The number of anilines is 1. The van der Waals surface area contributed by atoms with Crippen molar-refractivity contribution in [3.8, 4) is 0 Å². The van der Waals surface area contributed by atoms with Gasteiger partial charge in [-0.3, -0.25) is 19.7 Å². The molecule has 0 atom stereocenters. The fourth-order valence-electron chi connectivity index (χ4n) is 1.77. The van der Waals surface area contributed by atoms with Crippen molar-refractivity contribution in [3.05, 3.63) is 62.1 Å². The molecular formula is C16H12BrClN2O5S.